The number of benzene rings is 1. The molecule has 7 heteroatoms. The first-order valence-electron chi connectivity index (χ1n) is 6.32. The number of amides is 2. The van der Waals surface area contributed by atoms with E-state index in [4.69, 9.17) is 4.74 Å². The van der Waals surface area contributed by atoms with Crippen LogP contribution in [0.4, 0.5) is 0 Å². The number of thiazole rings is 1. The fraction of sp³-hybridized carbons (Fsp3) is 0.214. The van der Waals surface area contributed by atoms with Gasteiger partial charge in [-0.3, -0.25) is 9.59 Å². The van der Waals surface area contributed by atoms with Crippen LogP contribution in [0.25, 0.3) is 0 Å². The van der Waals surface area contributed by atoms with Crippen molar-refractivity contribution in [3.8, 4) is 5.75 Å². The van der Waals surface area contributed by atoms with Gasteiger partial charge in [-0.05, 0) is 12.1 Å². The van der Waals surface area contributed by atoms with Crippen molar-refractivity contribution in [3.63, 3.8) is 0 Å². The quantitative estimate of drug-likeness (QED) is 0.798. The molecule has 0 saturated heterocycles. The number of carbonyl (C=O) groups is 2. The molecule has 0 aliphatic heterocycles. The topological polar surface area (TPSA) is 80.3 Å². The van der Waals surface area contributed by atoms with E-state index in [0.717, 1.165) is 5.69 Å². The van der Waals surface area contributed by atoms with Gasteiger partial charge in [0.05, 0.1) is 24.3 Å². The highest BCUT2D eigenvalue weighted by molar-refractivity contribution is 7.07. The van der Waals surface area contributed by atoms with Gasteiger partial charge in [0.15, 0.2) is 6.61 Å². The second-order valence-electron chi connectivity index (χ2n) is 4.13. The second kappa shape index (κ2) is 8.01. The average Bonchev–Trinajstić information content (AvgIpc) is 3.03. The minimum Gasteiger partial charge on any atom is -0.484 e. The van der Waals surface area contributed by atoms with Gasteiger partial charge in [-0.15, -0.1) is 11.3 Å². The molecule has 0 saturated carbocycles. The lowest BCUT2D eigenvalue weighted by Crippen LogP contribution is -2.38. The van der Waals surface area contributed by atoms with Gasteiger partial charge < -0.3 is 15.4 Å². The van der Waals surface area contributed by atoms with Crippen molar-refractivity contribution in [2.24, 2.45) is 0 Å². The highest BCUT2D eigenvalue weighted by Gasteiger charge is 2.06. The lowest BCUT2D eigenvalue weighted by molar-refractivity contribution is -0.127. The minimum atomic E-state index is -0.345. The van der Waals surface area contributed by atoms with E-state index in [1.807, 2.05) is 23.6 Å². The summed E-state index contributed by atoms with van der Waals surface area (Å²) in [6, 6.07) is 9.01. The number of nitrogens with zero attached hydrogens (tertiary/aromatic N) is 1. The Hall–Kier alpha value is -2.41. The zero-order valence-corrected chi connectivity index (χ0v) is 12.1. The molecule has 21 heavy (non-hydrogen) atoms. The Morgan fingerprint density at radius 3 is 2.67 bits per heavy atom. The molecule has 2 rings (SSSR count). The third kappa shape index (κ3) is 5.62. The summed E-state index contributed by atoms with van der Waals surface area (Å²) in [6.45, 7) is 0.156. The third-order valence-corrected chi connectivity index (χ3v) is 3.14. The summed E-state index contributed by atoms with van der Waals surface area (Å²) >= 11 is 1.47. The van der Waals surface area contributed by atoms with Crippen LogP contribution in [0.3, 0.4) is 0 Å². The van der Waals surface area contributed by atoms with Crippen LogP contribution < -0.4 is 15.4 Å². The van der Waals surface area contributed by atoms with E-state index >= 15 is 0 Å². The highest BCUT2D eigenvalue weighted by atomic mass is 32.1. The molecule has 0 radical (unpaired) electrons. The first kappa shape index (κ1) is 15.0. The van der Waals surface area contributed by atoms with Crippen molar-refractivity contribution >= 4 is 23.2 Å². The molecule has 0 atom stereocenters. The molecule has 0 bridgehead atoms. The second-order valence-corrected chi connectivity index (χ2v) is 4.85. The summed E-state index contributed by atoms with van der Waals surface area (Å²) in [7, 11) is 0. The van der Waals surface area contributed by atoms with Crippen molar-refractivity contribution in [1.29, 1.82) is 0 Å². The summed E-state index contributed by atoms with van der Waals surface area (Å²) in [5.41, 5.74) is 2.50. The maximum atomic E-state index is 11.5. The molecular formula is C14H15N3O3S. The van der Waals surface area contributed by atoms with Crippen LogP contribution in [-0.4, -0.2) is 29.9 Å². The molecule has 0 spiro atoms. The molecule has 1 aromatic heterocycles. The molecule has 2 amide bonds. The van der Waals surface area contributed by atoms with Crippen LogP contribution in [0.1, 0.15) is 5.69 Å². The largest absolute Gasteiger partial charge is 0.484 e. The van der Waals surface area contributed by atoms with Crippen LogP contribution in [0.5, 0.6) is 5.75 Å². The third-order valence-electron chi connectivity index (χ3n) is 2.51. The maximum Gasteiger partial charge on any atom is 0.258 e. The summed E-state index contributed by atoms with van der Waals surface area (Å²) in [6.07, 6.45) is 0. The number of hydrogen-bond donors (Lipinski definition) is 2. The number of para-hydroxylation sites is 1. The molecule has 1 heterocycles. The van der Waals surface area contributed by atoms with Gasteiger partial charge in [0, 0.05) is 5.38 Å². The SMILES string of the molecule is O=C(CNC(=O)COc1ccccc1)NCc1cscn1. The maximum absolute atomic E-state index is 11.5. The molecule has 6 nitrogen and oxygen atoms in total. The van der Waals surface area contributed by atoms with Gasteiger partial charge in [0.1, 0.15) is 5.75 Å². The average molecular weight is 305 g/mol. The van der Waals surface area contributed by atoms with E-state index in [0.29, 0.717) is 12.3 Å². The standard InChI is InChI=1S/C14H15N3O3S/c18-13(15-6-11-9-21-10-17-11)7-16-14(19)8-20-12-4-2-1-3-5-12/h1-5,9-10H,6-8H2,(H,15,18)(H,16,19). The van der Waals surface area contributed by atoms with Crippen molar-refractivity contribution in [2.45, 2.75) is 6.54 Å². The van der Waals surface area contributed by atoms with Crippen LogP contribution in [-0.2, 0) is 16.1 Å². The fourth-order valence-corrected chi connectivity index (χ4v) is 2.03. The molecule has 1 aromatic carbocycles. The van der Waals surface area contributed by atoms with E-state index in [1.165, 1.54) is 11.3 Å². The van der Waals surface area contributed by atoms with Crippen LogP contribution in [0, 0.1) is 0 Å². The van der Waals surface area contributed by atoms with Gasteiger partial charge in [0.2, 0.25) is 5.91 Å². The summed E-state index contributed by atoms with van der Waals surface area (Å²) < 4.78 is 5.27. The predicted octanol–water partition coefficient (Wildman–Crippen LogP) is 0.954. The molecule has 0 aliphatic rings. The van der Waals surface area contributed by atoms with E-state index in [9.17, 15) is 9.59 Å². The first-order chi connectivity index (χ1) is 10.2. The fourth-order valence-electron chi connectivity index (χ4n) is 1.47. The van der Waals surface area contributed by atoms with Gasteiger partial charge in [-0.25, -0.2) is 4.98 Å². The Balaban J connectivity index is 1.61. The van der Waals surface area contributed by atoms with Gasteiger partial charge in [0.25, 0.3) is 5.91 Å². The zero-order chi connectivity index (χ0) is 14.9. The smallest absolute Gasteiger partial charge is 0.258 e. The molecule has 0 fully saturated rings. The molecule has 0 aliphatic carbocycles. The van der Waals surface area contributed by atoms with E-state index in [2.05, 4.69) is 15.6 Å². The first-order valence-corrected chi connectivity index (χ1v) is 7.26. The Kier molecular flexibility index (Phi) is 5.71. The van der Waals surface area contributed by atoms with Crippen molar-refractivity contribution in [3.05, 3.63) is 46.9 Å². The number of hydrogen-bond acceptors (Lipinski definition) is 5. The van der Waals surface area contributed by atoms with Crippen LogP contribution in [0.2, 0.25) is 0 Å². The van der Waals surface area contributed by atoms with Crippen LogP contribution >= 0.6 is 11.3 Å². The lowest BCUT2D eigenvalue weighted by atomic mass is 10.3. The zero-order valence-electron chi connectivity index (χ0n) is 11.2. The normalized spacial score (nSPS) is 9.90. The van der Waals surface area contributed by atoms with Gasteiger partial charge in [-0.2, -0.15) is 0 Å². The Bertz CT molecular complexity index is 572. The lowest BCUT2D eigenvalue weighted by Gasteiger charge is -2.07. The van der Waals surface area contributed by atoms with Crippen LogP contribution in [0.15, 0.2) is 41.2 Å². The number of ether oxygens (including phenoxy) is 1. The van der Waals surface area contributed by atoms with E-state index in [1.54, 1.807) is 17.6 Å². The van der Waals surface area contributed by atoms with E-state index < -0.39 is 0 Å². The molecule has 0 unspecified atom stereocenters. The molecule has 2 N–H and O–H groups in total. The number of nitrogens with one attached hydrogen (secondary N) is 2. The Morgan fingerprint density at radius 2 is 1.95 bits per heavy atom. The van der Waals surface area contributed by atoms with Gasteiger partial charge in [-0.1, -0.05) is 18.2 Å². The number of carbonyl (C=O) groups excluding carboxylic acids is 2. The van der Waals surface area contributed by atoms with Crippen molar-refractivity contribution < 1.29 is 14.3 Å². The Morgan fingerprint density at radius 1 is 1.14 bits per heavy atom. The summed E-state index contributed by atoms with van der Waals surface area (Å²) in [5, 5.41) is 7.01. The monoisotopic (exact) mass is 305 g/mol. The summed E-state index contributed by atoms with van der Waals surface area (Å²) in [5.74, 6) is -0.000596. The predicted molar refractivity (Wildman–Crippen MR) is 78.9 cm³/mol. The molecular weight excluding hydrogens is 290 g/mol. The van der Waals surface area contributed by atoms with Gasteiger partial charge >= 0.3 is 0 Å². The number of aromatic nitrogens is 1. The van der Waals surface area contributed by atoms with Crippen molar-refractivity contribution in [2.75, 3.05) is 13.2 Å². The van der Waals surface area contributed by atoms with Crippen molar-refractivity contribution in [1.82, 2.24) is 15.6 Å². The summed E-state index contributed by atoms with van der Waals surface area (Å²) in [4.78, 5) is 27.1. The van der Waals surface area contributed by atoms with E-state index in [-0.39, 0.29) is 25.0 Å². The number of rotatable bonds is 7. The highest BCUT2D eigenvalue weighted by Crippen LogP contribution is 2.07. The molecule has 2 aromatic rings. The Labute approximate surface area is 126 Å². The minimum absolute atomic E-state index is 0.0822. The molecule has 110 valence electrons.